The zero-order valence-corrected chi connectivity index (χ0v) is 17.0. The number of nitrogens with zero attached hydrogens (tertiary/aromatic N) is 1. The molecule has 3 rings (SSSR count). The van der Waals surface area contributed by atoms with E-state index in [-0.39, 0.29) is 22.3 Å². The predicted molar refractivity (Wildman–Crippen MR) is 115 cm³/mol. The number of fused-ring (bicyclic) bond motifs is 1. The Morgan fingerprint density at radius 2 is 1.82 bits per heavy atom. The average Bonchev–Trinajstić information content (AvgIpc) is 2.68. The molecule has 2 aromatic carbocycles. The van der Waals surface area contributed by atoms with E-state index in [4.69, 9.17) is 12.2 Å². The van der Waals surface area contributed by atoms with Gasteiger partial charge in [0.2, 0.25) is 5.91 Å². The second-order valence-corrected chi connectivity index (χ2v) is 7.44. The van der Waals surface area contributed by atoms with E-state index in [0.29, 0.717) is 17.3 Å². The van der Waals surface area contributed by atoms with Crippen molar-refractivity contribution in [3.8, 4) is 0 Å². The Kier molecular flexibility index (Phi) is 6.41. The molecule has 1 unspecified atom stereocenters. The molecular weight excluding hydrogens is 370 g/mol. The summed E-state index contributed by atoms with van der Waals surface area (Å²) < 4.78 is 1.67. The van der Waals surface area contributed by atoms with Crippen molar-refractivity contribution < 1.29 is 4.79 Å². The van der Waals surface area contributed by atoms with Gasteiger partial charge in [-0.1, -0.05) is 55.8 Å². The van der Waals surface area contributed by atoms with Gasteiger partial charge >= 0.3 is 0 Å². The zero-order chi connectivity index (χ0) is 20.1. The van der Waals surface area contributed by atoms with E-state index < -0.39 is 6.04 Å². The molecule has 0 aliphatic rings. The van der Waals surface area contributed by atoms with Gasteiger partial charge in [-0.25, -0.2) is 0 Å². The van der Waals surface area contributed by atoms with Crippen LogP contribution in [-0.4, -0.2) is 21.5 Å². The molecular formula is C22H25N3O2S. The first-order valence-corrected chi connectivity index (χ1v) is 10.00. The minimum absolute atomic E-state index is 0.0319. The van der Waals surface area contributed by atoms with E-state index in [9.17, 15) is 9.59 Å². The van der Waals surface area contributed by atoms with Crippen LogP contribution in [0, 0.1) is 4.77 Å². The molecule has 0 saturated carbocycles. The fourth-order valence-electron chi connectivity index (χ4n) is 3.44. The maximum absolute atomic E-state index is 13.2. The molecule has 0 saturated heterocycles. The molecule has 1 amide bonds. The zero-order valence-electron chi connectivity index (χ0n) is 16.1. The smallest absolute Gasteiger partial charge is 0.262 e. The number of carbonyl (C=O) groups excluding carboxylic acids is 1. The van der Waals surface area contributed by atoms with E-state index in [0.717, 1.165) is 18.4 Å². The number of aromatic amines is 1. The highest BCUT2D eigenvalue weighted by molar-refractivity contribution is 7.71. The number of benzene rings is 2. The molecule has 28 heavy (non-hydrogen) atoms. The van der Waals surface area contributed by atoms with E-state index >= 15 is 0 Å². The second kappa shape index (κ2) is 8.97. The molecule has 0 aliphatic heterocycles. The lowest BCUT2D eigenvalue weighted by Crippen LogP contribution is -2.42. The van der Waals surface area contributed by atoms with Crippen LogP contribution in [0.5, 0.6) is 0 Å². The van der Waals surface area contributed by atoms with Gasteiger partial charge in [0, 0.05) is 12.5 Å². The van der Waals surface area contributed by atoms with E-state index in [1.54, 1.807) is 12.1 Å². The Morgan fingerprint density at radius 3 is 2.54 bits per heavy atom. The fraction of sp³-hybridized carbons (Fsp3) is 0.318. The van der Waals surface area contributed by atoms with Crippen LogP contribution in [0.1, 0.15) is 38.3 Å². The van der Waals surface area contributed by atoms with Crippen molar-refractivity contribution in [2.24, 2.45) is 0 Å². The molecule has 146 valence electrons. The molecule has 0 fully saturated rings. The number of nitrogens with one attached hydrogen (secondary N) is 2. The third kappa shape index (κ3) is 4.39. The molecule has 5 nitrogen and oxygen atoms in total. The van der Waals surface area contributed by atoms with Crippen LogP contribution >= 0.6 is 12.2 Å². The Bertz CT molecular complexity index is 1070. The average molecular weight is 396 g/mol. The van der Waals surface area contributed by atoms with Crippen LogP contribution in [-0.2, 0) is 11.2 Å². The van der Waals surface area contributed by atoms with Crippen molar-refractivity contribution in [3.05, 3.63) is 75.3 Å². The van der Waals surface area contributed by atoms with Crippen molar-refractivity contribution in [2.75, 3.05) is 0 Å². The quantitative estimate of drug-likeness (QED) is 0.591. The van der Waals surface area contributed by atoms with Gasteiger partial charge in [0.15, 0.2) is 4.77 Å². The Labute approximate surface area is 169 Å². The molecule has 3 aromatic rings. The van der Waals surface area contributed by atoms with Gasteiger partial charge < -0.3 is 10.3 Å². The Balaban J connectivity index is 2.08. The lowest BCUT2D eigenvalue weighted by Gasteiger charge is -2.22. The number of para-hydroxylation sites is 1. The minimum atomic E-state index is -0.720. The van der Waals surface area contributed by atoms with Crippen LogP contribution in [0.4, 0.5) is 0 Å². The number of hydrogen-bond donors (Lipinski definition) is 2. The Morgan fingerprint density at radius 1 is 1.14 bits per heavy atom. The summed E-state index contributed by atoms with van der Waals surface area (Å²) in [5.74, 6) is -0.193. The lowest BCUT2D eigenvalue weighted by molar-refractivity contribution is -0.125. The first kappa shape index (κ1) is 20.0. The molecule has 0 aliphatic carbocycles. The number of aromatic nitrogens is 2. The highest BCUT2D eigenvalue weighted by Gasteiger charge is 2.25. The van der Waals surface area contributed by atoms with Gasteiger partial charge in [0.25, 0.3) is 5.56 Å². The SMILES string of the molecule is CCCC(C)NC(=O)[C@H](Cc1ccccc1)n1c(=S)[nH]c2ccccc2c1=O. The highest BCUT2D eigenvalue weighted by Crippen LogP contribution is 2.16. The number of hydrogen-bond acceptors (Lipinski definition) is 3. The van der Waals surface area contributed by atoms with Gasteiger partial charge in [0.1, 0.15) is 6.04 Å². The summed E-state index contributed by atoms with van der Waals surface area (Å²) >= 11 is 5.47. The predicted octanol–water partition coefficient (Wildman–Crippen LogP) is 4.15. The molecule has 2 atom stereocenters. The van der Waals surface area contributed by atoms with Crippen molar-refractivity contribution in [2.45, 2.75) is 45.2 Å². The molecule has 1 aromatic heterocycles. The minimum Gasteiger partial charge on any atom is -0.352 e. The maximum atomic E-state index is 13.2. The fourth-order valence-corrected chi connectivity index (χ4v) is 3.76. The summed E-state index contributed by atoms with van der Waals surface area (Å²) in [7, 11) is 0. The van der Waals surface area contributed by atoms with Gasteiger partial charge in [-0.05, 0) is 43.3 Å². The van der Waals surface area contributed by atoms with Crippen molar-refractivity contribution >= 4 is 29.0 Å². The summed E-state index contributed by atoms with van der Waals surface area (Å²) in [5.41, 5.74) is 1.39. The van der Waals surface area contributed by atoms with Gasteiger partial charge in [0.05, 0.1) is 10.9 Å². The Hall–Kier alpha value is -2.73. The molecule has 0 radical (unpaired) electrons. The second-order valence-electron chi connectivity index (χ2n) is 7.05. The highest BCUT2D eigenvalue weighted by atomic mass is 32.1. The van der Waals surface area contributed by atoms with Crippen LogP contribution in [0.25, 0.3) is 10.9 Å². The topological polar surface area (TPSA) is 66.9 Å². The summed E-state index contributed by atoms with van der Waals surface area (Å²) in [6.45, 7) is 4.05. The number of amides is 1. The van der Waals surface area contributed by atoms with Crippen LogP contribution in [0.15, 0.2) is 59.4 Å². The van der Waals surface area contributed by atoms with Crippen LogP contribution < -0.4 is 10.9 Å². The number of rotatable bonds is 7. The number of carbonyl (C=O) groups is 1. The molecule has 0 bridgehead atoms. The van der Waals surface area contributed by atoms with E-state index in [1.807, 2.05) is 49.4 Å². The third-order valence-corrected chi connectivity index (χ3v) is 5.13. The van der Waals surface area contributed by atoms with Crippen molar-refractivity contribution in [3.63, 3.8) is 0 Å². The van der Waals surface area contributed by atoms with E-state index in [1.165, 1.54) is 4.57 Å². The third-order valence-electron chi connectivity index (χ3n) is 4.83. The van der Waals surface area contributed by atoms with E-state index in [2.05, 4.69) is 17.2 Å². The molecule has 2 N–H and O–H groups in total. The normalized spacial score (nSPS) is 13.2. The largest absolute Gasteiger partial charge is 0.352 e. The lowest BCUT2D eigenvalue weighted by atomic mass is 10.0. The summed E-state index contributed by atoms with van der Waals surface area (Å²) in [4.78, 5) is 29.4. The number of H-pyrrole nitrogens is 1. The van der Waals surface area contributed by atoms with Crippen molar-refractivity contribution in [1.29, 1.82) is 0 Å². The monoisotopic (exact) mass is 395 g/mol. The standard InChI is InChI=1S/C22H25N3O2S/c1-3-9-15(2)23-20(26)19(14-16-10-5-4-6-11-16)25-21(27)17-12-7-8-13-18(17)24-22(25)28/h4-8,10-13,15,19H,3,9,14H2,1-2H3,(H,23,26)(H,24,28)/t15?,19-/m0/s1. The molecule has 1 heterocycles. The van der Waals surface area contributed by atoms with Gasteiger partial charge in [-0.3, -0.25) is 14.2 Å². The van der Waals surface area contributed by atoms with Gasteiger partial charge in [-0.15, -0.1) is 0 Å². The molecule has 6 heteroatoms. The first-order chi connectivity index (χ1) is 13.5. The summed E-state index contributed by atoms with van der Waals surface area (Å²) in [5, 5.41) is 3.56. The molecule has 0 spiro atoms. The summed E-state index contributed by atoms with van der Waals surface area (Å²) in [6.07, 6.45) is 2.24. The van der Waals surface area contributed by atoms with Gasteiger partial charge in [-0.2, -0.15) is 0 Å². The van der Waals surface area contributed by atoms with Crippen molar-refractivity contribution in [1.82, 2.24) is 14.9 Å². The van der Waals surface area contributed by atoms with Crippen LogP contribution in [0.2, 0.25) is 0 Å². The first-order valence-electron chi connectivity index (χ1n) is 9.59. The maximum Gasteiger partial charge on any atom is 0.262 e. The van der Waals surface area contributed by atoms with Crippen LogP contribution in [0.3, 0.4) is 0 Å². The summed E-state index contributed by atoms with van der Waals surface area (Å²) in [6, 6.07) is 16.2.